The van der Waals surface area contributed by atoms with Gasteiger partial charge in [-0.15, -0.1) is 0 Å². The number of rotatable bonds is 3. The maximum absolute atomic E-state index is 13.6. The molecule has 2 aromatic heterocycles. The van der Waals surface area contributed by atoms with E-state index in [0.717, 1.165) is 33.9 Å². The van der Waals surface area contributed by atoms with Gasteiger partial charge in [0.1, 0.15) is 17.3 Å². The first-order chi connectivity index (χ1) is 12.1. The van der Waals surface area contributed by atoms with E-state index in [1.807, 2.05) is 41.8 Å². The Labute approximate surface area is 144 Å². The summed E-state index contributed by atoms with van der Waals surface area (Å²) < 4.78 is 29.2. The Kier molecular flexibility index (Phi) is 3.80. The molecule has 0 saturated carbocycles. The molecular weight excluding hydrogens is 318 g/mol. The van der Waals surface area contributed by atoms with Crippen LogP contribution in [0.5, 0.6) is 0 Å². The lowest BCUT2D eigenvalue weighted by Gasteiger charge is -2.11. The number of nitrogens with zero attached hydrogens (tertiary/aromatic N) is 2. The normalized spacial score (nSPS) is 11.2. The second-order valence-corrected chi connectivity index (χ2v) is 6.18. The summed E-state index contributed by atoms with van der Waals surface area (Å²) >= 11 is 0. The number of pyridine rings is 1. The highest BCUT2D eigenvalue weighted by Gasteiger charge is 2.13. The predicted molar refractivity (Wildman–Crippen MR) is 95.4 cm³/mol. The highest BCUT2D eigenvalue weighted by Crippen LogP contribution is 2.28. The summed E-state index contributed by atoms with van der Waals surface area (Å²) in [5, 5.41) is 1.01. The Morgan fingerprint density at radius 2 is 1.64 bits per heavy atom. The number of halogens is 2. The van der Waals surface area contributed by atoms with Crippen LogP contribution in [0.15, 0.2) is 66.9 Å². The molecule has 4 aromatic rings. The van der Waals surface area contributed by atoms with Crippen molar-refractivity contribution in [1.29, 1.82) is 0 Å². The molecule has 0 atom stereocenters. The van der Waals surface area contributed by atoms with Gasteiger partial charge < -0.3 is 4.57 Å². The minimum Gasteiger partial charge on any atom is -0.321 e. The highest BCUT2D eigenvalue weighted by atomic mass is 19.1. The molecule has 0 radical (unpaired) electrons. The fourth-order valence-corrected chi connectivity index (χ4v) is 3.15. The third kappa shape index (κ3) is 3.03. The van der Waals surface area contributed by atoms with Crippen LogP contribution in [0.3, 0.4) is 0 Å². The van der Waals surface area contributed by atoms with E-state index < -0.39 is 11.6 Å². The Morgan fingerprint density at radius 1 is 0.920 bits per heavy atom. The van der Waals surface area contributed by atoms with Gasteiger partial charge in [0, 0.05) is 24.2 Å². The van der Waals surface area contributed by atoms with Crippen LogP contribution in [-0.2, 0) is 6.54 Å². The van der Waals surface area contributed by atoms with Crippen LogP contribution < -0.4 is 0 Å². The van der Waals surface area contributed by atoms with E-state index in [1.54, 1.807) is 6.20 Å². The molecule has 25 heavy (non-hydrogen) atoms. The quantitative estimate of drug-likeness (QED) is 0.494. The zero-order chi connectivity index (χ0) is 17.4. The van der Waals surface area contributed by atoms with Crippen LogP contribution in [0.1, 0.15) is 11.1 Å². The summed E-state index contributed by atoms with van der Waals surface area (Å²) in [4.78, 5) is 4.54. The number of hydrogen-bond donors (Lipinski definition) is 0. The number of hydrogen-bond acceptors (Lipinski definition) is 1. The van der Waals surface area contributed by atoms with E-state index in [-0.39, 0.29) is 0 Å². The summed E-state index contributed by atoms with van der Waals surface area (Å²) in [6.45, 7) is 2.34. The molecule has 0 unspecified atom stereocenters. The topological polar surface area (TPSA) is 17.8 Å². The summed E-state index contributed by atoms with van der Waals surface area (Å²) in [6, 6.07) is 17.7. The van der Waals surface area contributed by atoms with Gasteiger partial charge in [-0.3, -0.25) is 0 Å². The second kappa shape index (κ2) is 6.13. The molecule has 4 rings (SSSR count). The highest BCUT2D eigenvalue weighted by molar-refractivity contribution is 5.84. The van der Waals surface area contributed by atoms with Crippen LogP contribution in [0.4, 0.5) is 8.78 Å². The maximum Gasteiger partial charge on any atom is 0.140 e. The van der Waals surface area contributed by atoms with Crippen molar-refractivity contribution in [2.24, 2.45) is 0 Å². The molecule has 0 aliphatic heterocycles. The first-order valence-electron chi connectivity index (χ1n) is 8.06. The Bertz CT molecular complexity index is 1030. The van der Waals surface area contributed by atoms with E-state index in [0.29, 0.717) is 12.1 Å². The van der Waals surface area contributed by atoms with Crippen molar-refractivity contribution >= 4 is 11.0 Å². The molecule has 0 spiro atoms. The second-order valence-electron chi connectivity index (χ2n) is 6.18. The van der Waals surface area contributed by atoms with Gasteiger partial charge in [-0.05, 0) is 47.9 Å². The summed E-state index contributed by atoms with van der Waals surface area (Å²) in [7, 11) is 0. The van der Waals surface area contributed by atoms with Gasteiger partial charge in [0.05, 0.1) is 5.69 Å². The van der Waals surface area contributed by atoms with Gasteiger partial charge >= 0.3 is 0 Å². The zero-order valence-electron chi connectivity index (χ0n) is 13.7. The first-order valence-corrected chi connectivity index (χ1v) is 8.06. The van der Waals surface area contributed by atoms with Crippen molar-refractivity contribution < 1.29 is 8.78 Å². The largest absolute Gasteiger partial charge is 0.321 e. The van der Waals surface area contributed by atoms with Crippen molar-refractivity contribution in [2.45, 2.75) is 13.5 Å². The lowest BCUT2D eigenvalue weighted by Crippen LogP contribution is -2.03. The van der Waals surface area contributed by atoms with Gasteiger partial charge in [-0.1, -0.05) is 30.3 Å². The van der Waals surface area contributed by atoms with Crippen LogP contribution in [0.25, 0.3) is 22.3 Å². The number of aromatic nitrogens is 2. The van der Waals surface area contributed by atoms with Crippen molar-refractivity contribution in [3.63, 3.8) is 0 Å². The predicted octanol–water partition coefficient (Wildman–Crippen LogP) is 5.34. The molecular formula is C21H16F2N2. The van der Waals surface area contributed by atoms with Gasteiger partial charge in [0.15, 0.2) is 0 Å². The SMILES string of the molecule is Cc1cnc2c(c1)cc(-c1ccccc1)n2Cc1cc(F)cc(F)c1. The number of fused-ring (bicyclic) bond motifs is 1. The molecule has 2 nitrogen and oxygen atoms in total. The number of aryl methyl sites for hydroxylation is 1. The molecule has 4 heteroatoms. The lowest BCUT2D eigenvalue weighted by molar-refractivity contribution is 0.578. The van der Waals surface area contributed by atoms with Crippen molar-refractivity contribution in [3.05, 3.63) is 89.6 Å². The van der Waals surface area contributed by atoms with Crippen molar-refractivity contribution in [1.82, 2.24) is 9.55 Å². The first kappa shape index (κ1) is 15.5. The average Bonchev–Trinajstić information content (AvgIpc) is 2.92. The minimum absolute atomic E-state index is 0.346. The van der Waals surface area contributed by atoms with Crippen LogP contribution >= 0.6 is 0 Å². The monoisotopic (exact) mass is 334 g/mol. The Hall–Kier alpha value is -3.01. The summed E-state index contributed by atoms with van der Waals surface area (Å²) in [5.74, 6) is -1.15. The fourth-order valence-electron chi connectivity index (χ4n) is 3.15. The smallest absolute Gasteiger partial charge is 0.140 e. The zero-order valence-corrected chi connectivity index (χ0v) is 13.7. The fraction of sp³-hybridized carbons (Fsp3) is 0.0952. The van der Waals surface area contributed by atoms with E-state index in [2.05, 4.69) is 17.1 Å². The molecule has 0 fully saturated rings. The molecule has 0 N–H and O–H groups in total. The molecule has 0 saturated heterocycles. The summed E-state index contributed by atoms with van der Waals surface area (Å²) in [5.41, 5.74) is 4.44. The Morgan fingerprint density at radius 3 is 2.36 bits per heavy atom. The van der Waals surface area contributed by atoms with E-state index >= 15 is 0 Å². The third-order valence-corrected chi connectivity index (χ3v) is 4.20. The molecule has 2 aromatic carbocycles. The third-order valence-electron chi connectivity index (χ3n) is 4.20. The molecule has 124 valence electrons. The van der Waals surface area contributed by atoms with E-state index in [9.17, 15) is 8.78 Å². The lowest BCUT2D eigenvalue weighted by atomic mass is 10.1. The van der Waals surface area contributed by atoms with Gasteiger partial charge in [0.25, 0.3) is 0 Å². The van der Waals surface area contributed by atoms with Crippen LogP contribution in [0.2, 0.25) is 0 Å². The standard InChI is InChI=1S/C21H16F2N2/c1-14-7-17-10-20(16-5-3-2-4-6-16)25(21(17)24-12-14)13-15-8-18(22)11-19(23)9-15/h2-12H,13H2,1H3. The molecule has 0 bridgehead atoms. The van der Waals surface area contributed by atoms with Crippen LogP contribution in [-0.4, -0.2) is 9.55 Å². The molecule has 0 aliphatic carbocycles. The molecule has 0 aliphatic rings. The minimum atomic E-state index is -0.573. The van der Waals surface area contributed by atoms with Gasteiger partial charge in [-0.2, -0.15) is 0 Å². The maximum atomic E-state index is 13.6. The summed E-state index contributed by atoms with van der Waals surface area (Å²) in [6.07, 6.45) is 1.81. The van der Waals surface area contributed by atoms with E-state index in [1.165, 1.54) is 12.1 Å². The van der Waals surface area contributed by atoms with Crippen molar-refractivity contribution in [2.75, 3.05) is 0 Å². The molecule has 0 amide bonds. The molecule has 2 heterocycles. The Balaban J connectivity index is 1.91. The van der Waals surface area contributed by atoms with Crippen LogP contribution in [0, 0.1) is 18.6 Å². The number of benzene rings is 2. The van der Waals surface area contributed by atoms with Crippen molar-refractivity contribution in [3.8, 4) is 11.3 Å². The van der Waals surface area contributed by atoms with Gasteiger partial charge in [0.2, 0.25) is 0 Å². The van der Waals surface area contributed by atoms with Gasteiger partial charge in [-0.25, -0.2) is 13.8 Å². The average molecular weight is 334 g/mol. The van der Waals surface area contributed by atoms with E-state index in [4.69, 9.17) is 0 Å².